The third-order valence-electron chi connectivity index (χ3n) is 4.54. The van der Waals surface area contributed by atoms with Crippen LogP contribution in [0.1, 0.15) is 68.4 Å². The third-order valence-corrected chi connectivity index (χ3v) is 4.54. The van der Waals surface area contributed by atoms with Gasteiger partial charge in [0, 0.05) is 12.1 Å². The first kappa shape index (κ1) is 16.0. The predicted octanol–water partition coefficient (Wildman–Crippen LogP) is 2.60. The summed E-state index contributed by atoms with van der Waals surface area (Å²) in [6.07, 6.45) is 5.95. The summed E-state index contributed by atoms with van der Waals surface area (Å²) in [6, 6.07) is 0. The van der Waals surface area contributed by atoms with E-state index in [1.807, 2.05) is 20.8 Å². The van der Waals surface area contributed by atoms with Gasteiger partial charge in [-0.3, -0.25) is 4.79 Å². The Kier molecular flexibility index (Phi) is 5.04. The molecule has 0 radical (unpaired) electrons. The Balaban J connectivity index is 1.95. The minimum absolute atomic E-state index is 0.0814. The molecule has 1 saturated carbocycles. The van der Waals surface area contributed by atoms with Gasteiger partial charge in [-0.2, -0.15) is 0 Å². The fraction of sp³-hybridized carbons (Fsp3) is 0.750. The molecule has 1 aliphatic rings. The summed E-state index contributed by atoms with van der Waals surface area (Å²) < 4.78 is 5.12. The van der Waals surface area contributed by atoms with Crippen LogP contribution >= 0.6 is 0 Å². The second-order valence-corrected chi connectivity index (χ2v) is 6.32. The molecule has 1 amide bonds. The van der Waals surface area contributed by atoms with Gasteiger partial charge in [-0.15, -0.1) is 0 Å². The predicted molar refractivity (Wildman–Crippen MR) is 80.1 cm³/mol. The maximum atomic E-state index is 12.3. The highest BCUT2D eigenvalue weighted by atomic mass is 16.5. The first-order valence-corrected chi connectivity index (χ1v) is 7.86. The van der Waals surface area contributed by atoms with Crippen molar-refractivity contribution in [1.29, 1.82) is 0 Å². The zero-order valence-electron chi connectivity index (χ0n) is 13.2. The van der Waals surface area contributed by atoms with E-state index in [0.29, 0.717) is 12.3 Å². The zero-order valence-corrected chi connectivity index (χ0v) is 13.2. The van der Waals surface area contributed by atoms with Crippen molar-refractivity contribution >= 4 is 5.91 Å². The van der Waals surface area contributed by atoms with Crippen LogP contribution in [0.15, 0.2) is 4.52 Å². The van der Waals surface area contributed by atoms with Crippen LogP contribution in [0.25, 0.3) is 0 Å². The fourth-order valence-corrected chi connectivity index (χ4v) is 3.21. The monoisotopic (exact) mass is 294 g/mol. The zero-order chi connectivity index (χ0) is 15.5. The minimum Gasteiger partial charge on any atom is -0.388 e. The Bertz CT molecular complexity index is 468. The van der Waals surface area contributed by atoms with E-state index >= 15 is 0 Å². The standard InChI is InChI=1S/C16H26N2O3/c1-11(14-12(2)18-21-13(14)3)15(19)17-10-16(20)8-6-4-5-7-9-16/h11,20H,4-10H2,1-3H3,(H,17,19). The molecular formula is C16H26N2O3. The van der Waals surface area contributed by atoms with Gasteiger partial charge in [0.2, 0.25) is 5.91 Å². The van der Waals surface area contributed by atoms with E-state index < -0.39 is 5.60 Å². The first-order valence-electron chi connectivity index (χ1n) is 7.86. The largest absolute Gasteiger partial charge is 0.388 e. The highest BCUT2D eigenvalue weighted by Gasteiger charge is 2.30. The van der Waals surface area contributed by atoms with Gasteiger partial charge >= 0.3 is 0 Å². The third kappa shape index (κ3) is 3.84. The summed E-state index contributed by atoms with van der Waals surface area (Å²) in [5, 5.41) is 17.4. The average molecular weight is 294 g/mol. The van der Waals surface area contributed by atoms with Gasteiger partial charge in [0.1, 0.15) is 5.76 Å². The molecule has 5 nitrogen and oxygen atoms in total. The fourth-order valence-electron chi connectivity index (χ4n) is 3.21. The van der Waals surface area contributed by atoms with E-state index in [1.165, 1.54) is 12.8 Å². The number of aliphatic hydroxyl groups is 1. The lowest BCUT2D eigenvalue weighted by Crippen LogP contribution is -2.43. The number of hydrogen-bond acceptors (Lipinski definition) is 4. The lowest BCUT2D eigenvalue weighted by Gasteiger charge is -2.27. The van der Waals surface area contributed by atoms with Crippen LogP contribution < -0.4 is 5.32 Å². The summed E-state index contributed by atoms with van der Waals surface area (Å²) in [6.45, 7) is 5.84. The summed E-state index contributed by atoms with van der Waals surface area (Å²) in [5.41, 5.74) is 0.855. The van der Waals surface area contributed by atoms with Gasteiger partial charge in [-0.25, -0.2) is 0 Å². The number of carbonyl (C=O) groups is 1. The van der Waals surface area contributed by atoms with E-state index in [2.05, 4.69) is 10.5 Å². The Morgan fingerprint density at radius 3 is 2.48 bits per heavy atom. The highest BCUT2D eigenvalue weighted by molar-refractivity contribution is 5.83. The molecular weight excluding hydrogens is 268 g/mol. The topological polar surface area (TPSA) is 75.4 Å². The summed E-state index contributed by atoms with van der Waals surface area (Å²) in [4.78, 5) is 12.3. The van der Waals surface area contributed by atoms with E-state index in [-0.39, 0.29) is 11.8 Å². The average Bonchev–Trinajstić information content (AvgIpc) is 2.65. The Morgan fingerprint density at radius 1 is 1.33 bits per heavy atom. The maximum Gasteiger partial charge on any atom is 0.227 e. The van der Waals surface area contributed by atoms with E-state index in [9.17, 15) is 9.90 Å². The van der Waals surface area contributed by atoms with Gasteiger partial charge in [-0.1, -0.05) is 30.8 Å². The maximum absolute atomic E-state index is 12.3. The van der Waals surface area contributed by atoms with Crippen LogP contribution in [0.3, 0.4) is 0 Å². The van der Waals surface area contributed by atoms with Gasteiger partial charge in [0.15, 0.2) is 0 Å². The number of aromatic nitrogens is 1. The Labute approximate surface area is 126 Å². The smallest absolute Gasteiger partial charge is 0.227 e. The second kappa shape index (κ2) is 6.60. The molecule has 0 aliphatic heterocycles. The lowest BCUT2D eigenvalue weighted by atomic mass is 9.93. The van der Waals surface area contributed by atoms with Crippen LogP contribution in [0.2, 0.25) is 0 Å². The van der Waals surface area contributed by atoms with E-state index in [1.54, 1.807) is 0 Å². The second-order valence-electron chi connectivity index (χ2n) is 6.32. The molecule has 0 spiro atoms. The quantitative estimate of drug-likeness (QED) is 0.837. The Morgan fingerprint density at radius 2 is 1.95 bits per heavy atom. The number of aryl methyl sites for hydroxylation is 2. The molecule has 1 aromatic heterocycles. The van der Waals surface area contributed by atoms with E-state index in [0.717, 1.165) is 36.9 Å². The number of nitrogens with one attached hydrogen (secondary N) is 1. The summed E-state index contributed by atoms with van der Waals surface area (Å²) >= 11 is 0. The number of carbonyl (C=O) groups excluding carboxylic acids is 1. The molecule has 5 heteroatoms. The minimum atomic E-state index is -0.745. The molecule has 0 aromatic carbocycles. The number of rotatable bonds is 4. The molecule has 118 valence electrons. The van der Waals surface area contributed by atoms with Crippen molar-refractivity contribution in [2.75, 3.05) is 6.54 Å². The molecule has 21 heavy (non-hydrogen) atoms. The van der Waals surface area contributed by atoms with Gasteiger partial charge in [0.25, 0.3) is 0 Å². The van der Waals surface area contributed by atoms with Crippen molar-refractivity contribution in [2.45, 2.75) is 70.8 Å². The van der Waals surface area contributed by atoms with Gasteiger partial charge in [0.05, 0.1) is 17.2 Å². The summed E-state index contributed by atoms with van der Waals surface area (Å²) in [5.74, 6) is 0.288. The van der Waals surface area contributed by atoms with Crippen molar-refractivity contribution < 1.29 is 14.4 Å². The SMILES string of the molecule is Cc1noc(C)c1C(C)C(=O)NCC1(O)CCCCCC1. The van der Waals surface area contributed by atoms with Crippen molar-refractivity contribution in [2.24, 2.45) is 0 Å². The van der Waals surface area contributed by atoms with Gasteiger partial charge < -0.3 is 14.9 Å². The molecule has 0 bridgehead atoms. The number of hydrogen-bond donors (Lipinski definition) is 2. The molecule has 1 aliphatic carbocycles. The molecule has 1 fully saturated rings. The normalized spacial score (nSPS) is 19.8. The molecule has 1 atom stereocenters. The summed E-state index contributed by atoms with van der Waals surface area (Å²) in [7, 11) is 0. The molecule has 1 unspecified atom stereocenters. The molecule has 2 rings (SSSR count). The number of amides is 1. The first-order chi connectivity index (χ1) is 9.93. The lowest BCUT2D eigenvalue weighted by molar-refractivity contribution is -0.123. The Hall–Kier alpha value is -1.36. The van der Waals surface area contributed by atoms with Crippen molar-refractivity contribution in [1.82, 2.24) is 10.5 Å². The van der Waals surface area contributed by atoms with Crippen molar-refractivity contribution in [3.05, 3.63) is 17.0 Å². The van der Waals surface area contributed by atoms with Crippen LogP contribution in [0.4, 0.5) is 0 Å². The molecule has 0 saturated heterocycles. The van der Waals surface area contributed by atoms with E-state index in [4.69, 9.17) is 4.52 Å². The van der Waals surface area contributed by atoms with Crippen molar-refractivity contribution in [3.63, 3.8) is 0 Å². The molecule has 1 heterocycles. The van der Waals surface area contributed by atoms with Gasteiger partial charge in [-0.05, 0) is 33.6 Å². The van der Waals surface area contributed by atoms with Crippen molar-refractivity contribution in [3.8, 4) is 0 Å². The molecule has 1 aromatic rings. The van der Waals surface area contributed by atoms with Crippen LogP contribution in [0.5, 0.6) is 0 Å². The van der Waals surface area contributed by atoms with Crippen LogP contribution in [-0.2, 0) is 4.79 Å². The molecule has 2 N–H and O–H groups in total. The number of nitrogens with zero attached hydrogens (tertiary/aromatic N) is 1. The highest BCUT2D eigenvalue weighted by Crippen LogP contribution is 2.27. The van der Waals surface area contributed by atoms with Crippen LogP contribution in [-0.4, -0.2) is 28.3 Å². The van der Waals surface area contributed by atoms with Crippen LogP contribution in [0, 0.1) is 13.8 Å².